The predicted molar refractivity (Wildman–Crippen MR) is 158 cm³/mol. The van der Waals surface area contributed by atoms with Gasteiger partial charge in [0.05, 0.1) is 35.8 Å². The van der Waals surface area contributed by atoms with E-state index in [1.54, 1.807) is 56.7 Å². The Balaban J connectivity index is 1.49. The van der Waals surface area contributed by atoms with Crippen LogP contribution in [0.4, 0.5) is 0 Å². The number of carboxylic acid groups (broad SMARTS) is 2. The van der Waals surface area contributed by atoms with Crippen LogP contribution in [0.2, 0.25) is 0 Å². The summed E-state index contributed by atoms with van der Waals surface area (Å²) < 4.78 is 11.9. The first-order valence-corrected chi connectivity index (χ1v) is 15.7. The van der Waals surface area contributed by atoms with Crippen molar-refractivity contribution in [3.8, 4) is 50.5 Å². The molecular weight excluding hydrogens is 581 g/mol. The average Bonchev–Trinajstić information content (AvgIpc) is 3.68. The third kappa shape index (κ3) is 6.19. The highest BCUT2D eigenvalue weighted by atomic mass is 32.1. The lowest BCUT2D eigenvalue weighted by Gasteiger charge is -2.05. The van der Waals surface area contributed by atoms with E-state index in [0.29, 0.717) is 11.5 Å². The summed E-state index contributed by atoms with van der Waals surface area (Å²) in [4.78, 5) is 31.6. The number of ether oxygens (including phenoxy) is 2. The van der Waals surface area contributed by atoms with Crippen LogP contribution in [-0.4, -0.2) is 35.4 Å². The molecule has 0 aromatic carbocycles. The molecule has 0 aliphatic rings. The number of carboxylic acids is 2. The number of aliphatic carboxylic acids is 2. The molecule has 0 saturated heterocycles. The van der Waals surface area contributed by atoms with Gasteiger partial charge < -0.3 is 19.7 Å². The minimum Gasteiger partial charge on any atom is -0.491 e. The Morgan fingerprint density at radius 1 is 0.684 bits per heavy atom. The van der Waals surface area contributed by atoms with E-state index in [2.05, 4.69) is 25.1 Å². The van der Waals surface area contributed by atoms with Gasteiger partial charge in [0.1, 0.15) is 11.5 Å². The maximum absolute atomic E-state index is 11.0. The molecule has 5 aromatic rings. The molecule has 5 heterocycles. The Morgan fingerprint density at radius 3 is 1.71 bits per heavy atom. The van der Waals surface area contributed by atoms with Crippen LogP contribution in [0.3, 0.4) is 0 Å². The summed E-state index contributed by atoms with van der Waals surface area (Å²) in [6.07, 6.45) is -0.146. The highest BCUT2D eigenvalue weighted by molar-refractivity contribution is 7.30. The Morgan fingerprint density at radius 2 is 1.24 bits per heavy atom. The molecule has 0 radical (unpaired) electrons. The normalized spacial score (nSPS) is 11.1. The van der Waals surface area contributed by atoms with Gasteiger partial charge in [0.25, 0.3) is 0 Å². The van der Waals surface area contributed by atoms with Crippen molar-refractivity contribution in [1.82, 2.24) is 0 Å². The van der Waals surface area contributed by atoms with Crippen LogP contribution < -0.4 is 9.47 Å². The second kappa shape index (κ2) is 11.8. The standard InChI is InChI=1S/C27H22O6S5/c1-15-4-5-19(35-15)23-14-17(33-11-9-25(30)31)27(38-23)21-7-6-20(36-21)26-16(32-10-8-24(28)29)13-22(37-26)18-3-2-12-34-18/h2-7,12-14H,8-11H2,1H3,(H,28,29)(H,30,31). The van der Waals surface area contributed by atoms with Gasteiger partial charge in [-0.2, -0.15) is 0 Å². The van der Waals surface area contributed by atoms with Gasteiger partial charge in [-0.3, -0.25) is 9.59 Å². The molecule has 0 saturated carbocycles. The minimum atomic E-state index is -0.900. The van der Waals surface area contributed by atoms with Gasteiger partial charge in [0.2, 0.25) is 0 Å². The molecule has 0 atom stereocenters. The lowest BCUT2D eigenvalue weighted by molar-refractivity contribution is -0.138. The molecule has 0 amide bonds. The summed E-state index contributed by atoms with van der Waals surface area (Å²) >= 11 is 8.21. The summed E-state index contributed by atoms with van der Waals surface area (Å²) in [5, 5.41) is 20.1. The van der Waals surface area contributed by atoms with Crippen LogP contribution in [0, 0.1) is 6.92 Å². The van der Waals surface area contributed by atoms with Crippen molar-refractivity contribution in [2.75, 3.05) is 13.2 Å². The van der Waals surface area contributed by atoms with Crippen molar-refractivity contribution in [3.05, 3.63) is 58.8 Å². The fourth-order valence-corrected chi connectivity index (χ4v) is 8.83. The number of thiophene rings is 5. The number of carbonyl (C=O) groups is 2. The first-order valence-electron chi connectivity index (χ1n) is 11.6. The highest BCUT2D eigenvalue weighted by Gasteiger charge is 2.20. The minimum absolute atomic E-state index is 0.0729. The topological polar surface area (TPSA) is 93.1 Å². The Labute approximate surface area is 239 Å². The van der Waals surface area contributed by atoms with Gasteiger partial charge in [-0.25, -0.2) is 0 Å². The van der Waals surface area contributed by atoms with Gasteiger partial charge in [-0.15, -0.1) is 56.7 Å². The molecule has 38 heavy (non-hydrogen) atoms. The van der Waals surface area contributed by atoms with E-state index in [0.717, 1.165) is 39.0 Å². The van der Waals surface area contributed by atoms with Crippen LogP contribution in [0.25, 0.3) is 39.0 Å². The van der Waals surface area contributed by atoms with Crippen LogP contribution in [0.15, 0.2) is 53.9 Å². The van der Waals surface area contributed by atoms with Crippen molar-refractivity contribution in [2.45, 2.75) is 19.8 Å². The summed E-state index contributed by atoms with van der Waals surface area (Å²) in [5.41, 5.74) is 0. The molecule has 0 unspecified atom stereocenters. The summed E-state index contributed by atoms with van der Waals surface area (Å²) in [5.74, 6) is -0.450. The number of aryl methyl sites for hydroxylation is 1. The zero-order valence-corrected chi connectivity index (χ0v) is 24.2. The molecule has 0 fully saturated rings. The molecule has 196 valence electrons. The van der Waals surface area contributed by atoms with E-state index in [-0.39, 0.29) is 26.1 Å². The zero-order chi connectivity index (χ0) is 26.6. The lowest BCUT2D eigenvalue weighted by Crippen LogP contribution is -2.04. The summed E-state index contributed by atoms with van der Waals surface area (Å²) in [6, 6.07) is 16.3. The van der Waals surface area contributed by atoms with Crippen LogP contribution >= 0.6 is 56.7 Å². The van der Waals surface area contributed by atoms with Crippen LogP contribution in [0.1, 0.15) is 17.7 Å². The van der Waals surface area contributed by atoms with Crippen molar-refractivity contribution < 1.29 is 29.3 Å². The van der Waals surface area contributed by atoms with Crippen molar-refractivity contribution >= 4 is 68.6 Å². The molecule has 0 aliphatic heterocycles. The lowest BCUT2D eigenvalue weighted by atomic mass is 10.3. The third-order valence-corrected chi connectivity index (χ3v) is 11.3. The first-order chi connectivity index (χ1) is 18.4. The fourth-order valence-electron chi connectivity index (χ4n) is 3.61. The second-order valence-corrected chi connectivity index (χ2v) is 13.6. The van der Waals surface area contributed by atoms with Crippen LogP contribution in [-0.2, 0) is 9.59 Å². The van der Waals surface area contributed by atoms with Gasteiger partial charge in [0, 0.05) is 46.3 Å². The Hall–Kier alpha value is -2.96. The molecule has 2 N–H and O–H groups in total. The maximum atomic E-state index is 11.0. The summed E-state index contributed by atoms with van der Waals surface area (Å²) in [6.45, 7) is 2.26. The molecule has 0 spiro atoms. The monoisotopic (exact) mass is 602 g/mol. The third-order valence-electron chi connectivity index (χ3n) is 5.34. The van der Waals surface area contributed by atoms with E-state index >= 15 is 0 Å². The Bertz CT molecular complexity index is 1550. The molecule has 6 nitrogen and oxygen atoms in total. The van der Waals surface area contributed by atoms with Gasteiger partial charge in [0.15, 0.2) is 0 Å². The van der Waals surface area contributed by atoms with Crippen molar-refractivity contribution in [3.63, 3.8) is 0 Å². The molecule has 11 heteroatoms. The fraction of sp³-hybridized carbons (Fsp3) is 0.185. The number of hydrogen-bond donors (Lipinski definition) is 2. The molecule has 5 rings (SSSR count). The molecule has 0 bridgehead atoms. The van der Waals surface area contributed by atoms with Gasteiger partial charge >= 0.3 is 11.9 Å². The van der Waals surface area contributed by atoms with Gasteiger partial charge in [-0.05, 0) is 42.6 Å². The molecule has 5 aromatic heterocycles. The van der Waals surface area contributed by atoms with Crippen molar-refractivity contribution in [2.24, 2.45) is 0 Å². The quantitative estimate of drug-likeness (QED) is 0.148. The molecule has 0 aliphatic carbocycles. The summed E-state index contributed by atoms with van der Waals surface area (Å²) in [7, 11) is 0. The van der Waals surface area contributed by atoms with Crippen LogP contribution in [0.5, 0.6) is 11.5 Å². The maximum Gasteiger partial charge on any atom is 0.306 e. The van der Waals surface area contributed by atoms with E-state index in [1.165, 1.54) is 4.88 Å². The number of hydrogen-bond acceptors (Lipinski definition) is 9. The smallest absolute Gasteiger partial charge is 0.306 e. The van der Waals surface area contributed by atoms with E-state index in [4.69, 9.17) is 19.7 Å². The largest absolute Gasteiger partial charge is 0.491 e. The predicted octanol–water partition coefficient (Wildman–Crippen LogP) is 8.68. The number of rotatable bonds is 12. The van der Waals surface area contributed by atoms with E-state index < -0.39 is 11.9 Å². The molecular formula is C27H22O6S5. The van der Waals surface area contributed by atoms with E-state index in [1.807, 2.05) is 35.7 Å². The zero-order valence-electron chi connectivity index (χ0n) is 20.1. The highest BCUT2D eigenvalue weighted by Crippen LogP contribution is 2.51. The van der Waals surface area contributed by atoms with E-state index in [9.17, 15) is 9.59 Å². The second-order valence-electron chi connectivity index (χ2n) is 8.14. The van der Waals surface area contributed by atoms with Gasteiger partial charge in [-0.1, -0.05) is 6.07 Å². The Kier molecular flexibility index (Phi) is 8.29. The average molecular weight is 603 g/mol. The SMILES string of the molecule is Cc1ccc(-c2cc(OCCC(=O)O)c(-c3ccc(-c4sc(-c5cccs5)cc4OCCC(=O)O)s3)s2)s1. The first kappa shape index (κ1) is 26.6. The van der Waals surface area contributed by atoms with Crippen molar-refractivity contribution in [1.29, 1.82) is 0 Å².